The van der Waals surface area contributed by atoms with Gasteiger partial charge in [0, 0.05) is 12.8 Å². The molecule has 0 aromatic carbocycles. The third-order valence-corrected chi connectivity index (χ3v) is 9.03. The number of likely N-dealkylation sites (N-methyl/N-ethyl adjacent to an activating group) is 1. The number of hydrogen-bond donors (Lipinski definition) is 1. The Bertz CT molecular complexity index is 830. The predicted molar refractivity (Wildman–Crippen MR) is 192 cm³/mol. The van der Waals surface area contributed by atoms with Crippen molar-refractivity contribution in [2.75, 3.05) is 47.5 Å². The Balaban J connectivity index is 4.45. The van der Waals surface area contributed by atoms with E-state index in [-0.39, 0.29) is 25.6 Å². The summed E-state index contributed by atoms with van der Waals surface area (Å²) in [5.41, 5.74) is 0. The third kappa shape index (κ3) is 34.4. The molecule has 278 valence electrons. The summed E-state index contributed by atoms with van der Waals surface area (Å²) < 4.78 is 34.1. The molecule has 2 atom stereocenters. The zero-order chi connectivity index (χ0) is 35.1. The van der Waals surface area contributed by atoms with Gasteiger partial charge in [-0.05, 0) is 32.1 Å². The fraction of sp³-hybridized carbons (Fsp3) is 0.892. The van der Waals surface area contributed by atoms with Crippen molar-refractivity contribution < 1.29 is 42.1 Å². The number of phosphoric ester groups is 1. The molecule has 0 bridgehead atoms. The summed E-state index contributed by atoms with van der Waals surface area (Å²) in [5, 5.41) is 0. The fourth-order valence-corrected chi connectivity index (χ4v) is 5.74. The molecule has 0 aliphatic carbocycles. The number of carbonyl (C=O) groups is 2. The van der Waals surface area contributed by atoms with Crippen LogP contribution in [0.5, 0.6) is 0 Å². The van der Waals surface area contributed by atoms with E-state index in [1.807, 2.05) is 21.1 Å². The Hall–Kier alpha value is -1.25. The lowest BCUT2D eigenvalue weighted by Gasteiger charge is -2.24. The molecule has 0 saturated carbocycles. The van der Waals surface area contributed by atoms with Crippen molar-refractivity contribution in [1.29, 1.82) is 0 Å². The summed E-state index contributed by atoms with van der Waals surface area (Å²) in [4.78, 5) is 35.1. The largest absolute Gasteiger partial charge is 0.472 e. The highest BCUT2D eigenvalue weighted by Gasteiger charge is 2.27. The van der Waals surface area contributed by atoms with Crippen LogP contribution in [0.15, 0.2) is 12.2 Å². The van der Waals surface area contributed by atoms with Gasteiger partial charge in [-0.15, -0.1) is 0 Å². The molecule has 1 unspecified atom stereocenters. The first-order valence-electron chi connectivity index (χ1n) is 18.9. The van der Waals surface area contributed by atoms with Crippen LogP contribution in [0, 0.1) is 0 Å². The van der Waals surface area contributed by atoms with E-state index < -0.39 is 26.5 Å². The van der Waals surface area contributed by atoms with Gasteiger partial charge in [0.25, 0.3) is 0 Å². The normalized spacial score (nSPS) is 13.9. The van der Waals surface area contributed by atoms with Crippen molar-refractivity contribution in [2.45, 2.75) is 168 Å². The second-order valence-electron chi connectivity index (χ2n) is 14.0. The minimum absolute atomic E-state index is 0.0326. The van der Waals surface area contributed by atoms with Crippen molar-refractivity contribution in [3.05, 3.63) is 12.2 Å². The zero-order valence-corrected chi connectivity index (χ0v) is 31.9. The molecule has 47 heavy (non-hydrogen) atoms. The number of esters is 2. The minimum Gasteiger partial charge on any atom is -0.462 e. The van der Waals surface area contributed by atoms with Crippen molar-refractivity contribution in [1.82, 2.24) is 0 Å². The lowest BCUT2D eigenvalue weighted by molar-refractivity contribution is -0.870. The van der Waals surface area contributed by atoms with E-state index in [0.29, 0.717) is 23.9 Å². The zero-order valence-electron chi connectivity index (χ0n) is 31.0. The summed E-state index contributed by atoms with van der Waals surface area (Å²) in [6.07, 6.45) is 28.3. The smallest absolute Gasteiger partial charge is 0.462 e. The Kier molecular flexibility index (Phi) is 30.0. The molecule has 0 aromatic heterocycles. The summed E-state index contributed by atoms with van der Waals surface area (Å²) in [6.45, 7) is 4.36. The maximum absolute atomic E-state index is 12.6. The van der Waals surface area contributed by atoms with E-state index in [1.54, 1.807) is 0 Å². The van der Waals surface area contributed by atoms with E-state index in [2.05, 4.69) is 26.0 Å². The fourth-order valence-electron chi connectivity index (χ4n) is 4.99. The topological polar surface area (TPSA) is 108 Å². The quantitative estimate of drug-likeness (QED) is 0.0234. The first kappa shape index (κ1) is 45.8. The Morgan fingerprint density at radius 2 is 1.11 bits per heavy atom. The van der Waals surface area contributed by atoms with E-state index in [9.17, 15) is 19.0 Å². The molecule has 0 spiro atoms. The number of allylic oxidation sites excluding steroid dienone is 2. The van der Waals surface area contributed by atoms with Crippen molar-refractivity contribution >= 4 is 19.8 Å². The van der Waals surface area contributed by atoms with Crippen LogP contribution in [0.1, 0.15) is 162 Å². The van der Waals surface area contributed by atoms with Crippen LogP contribution in [0.3, 0.4) is 0 Å². The van der Waals surface area contributed by atoms with Crippen LogP contribution in [0.4, 0.5) is 0 Å². The van der Waals surface area contributed by atoms with Crippen molar-refractivity contribution in [3.8, 4) is 0 Å². The van der Waals surface area contributed by atoms with E-state index >= 15 is 0 Å². The van der Waals surface area contributed by atoms with Gasteiger partial charge in [-0.25, -0.2) is 4.57 Å². The first-order chi connectivity index (χ1) is 22.5. The molecule has 10 heteroatoms. The minimum atomic E-state index is -4.36. The second kappa shape index (κ2) is 30.8. The van der Waals surface area contributed by atoms with Gasteiger partial charge in [0.1, 0.15) is 19.8 Å². The van der Waals surface area contributed by atoms with Crippen molar-refractivity contribution in [3.63, 3.8) is 0 Å². The van der Waals surface area contributed by atoms with Gasteiger partial charge in [0.05, 0.1) is 27.7 Å². The Morgan fingerprint density at radius 1 is 0.638 bits per heavy atom. The van der Waals surface area contributed by atoms with Gasteiger partial charge >= 0.3 is 19.8 Å². The highest BCUT2D eigenvalue weighted by Crippen LogP contribution is 2.43. The molecule has 9 nitrogen and oxygen atoms in total. The van der Waals surface area contributed by atoms with Gasteiger partial charge in [-0.2, -0.15) is 0 Å². The molecule has 0 amide bonds. The molecule has 0 aliphatic heterocycles. The average Bonchev–Trinajstić information content (AvgIpc) is 3.01. The molecular formula is C37H73NO8P+. The average molecular weight is 691 g/mol. The van der Waals surface area contributed by atoms with Crippen LogP contribution in [-0.2, 0) is 32.7 Å². The number of ether oxygens (including phenoxy) is 2. The van der Waals surface area contributed by atoms with Gasteiger partial charge in [-0.1, -0.05) is 129 Å². The standard InChI is InChI=1S/C37H72NO8P/c1-6-8-10-12-14-16-18-20-21-23-25-27-29-36(39)43-33-35(34-45-47(41,42)44-32-31-38(3,4)5)46-37(40)30-28-26-24-22-19-17-15-13-11-9-7-2/h13,15,35H,6-12,14,16-34H2,1-5H3/p+1/b15-13+/t35-/m1/s1. The van der Waals surface area contributed by atoms with E-state index in [0.717, 1.165) is 57.8 Å². The van der Waals surface area contributed by atoms with Crippen LogP contribution < -0.4 is 0 Å². The molecule has 0 radical (unpaired) electrons. The number of phosphoric acid groups is 1. The number of rotatable bonds is 34. The van der Waals surface area contributed by atoms with Gasteiger partial charge < -0.3 is 18.9 Å². The van der Waals surface area contributed by atoms with E-state index in [4.69, 9.17) is 18.5 Å². The SMILES string of the molecule is CCCC/C=C/CCCCCCCC(=O)O[C@H](COC(=O)CCCCCCCCCCCCCC)COP(=O)(O)OCC[N+](C)(C)C. The highest BCUT2D eigenvalue weighted by molar-refractivity contribution is 7.47. The van der Waals surface area contributed by atoms with Gasteiger partial charge in [0.15, 0.2) is 6.10 Å². The number of nitrogens with zero attached hydrogens (tertiary/aromatic N) is 1. The highest BCUT2D eigenvalue weighted by atomic mass is 31.2. The number of quaternary nitrogens is 1. The van der Waals surface area contributed by atoms with Gasteiger partial charge in [0.2, 0.25) is 0 Å². The lowest BCUT2D eigenvalue weighted by atomic mass is 10.0. The van der Waals surface area contributed by atoms with E-state index in [1.165, 1.54) is 70.6 Å². The number of carbonyl (C=O) groups excluding carboxylic acids is 2. The van der Waals surface area contributed by atoms with Crippen LogP contribution in [0.25, 0.3) is 0 Å². The number of unbranched alkanes of at least 4 members (excludes halogenated alkanes) is 18. The van der Waals surface area contributed by atoms with Crippen LogP contribution in [-0.4, -0.2) is 74.9 Å². The Labute approximate surface area is 288 Å². The number of hydrogen-bond acceptors (Lipinski definition) is 7. The molecule has 0 aromatic rings. The third-order valence-electron chi connectivity index (χ3n) is 8.05. The maximum Gasteiger partial charge on any atom is 0.472 e. The molecular weight excluding hydrogens is 617 g/mol. The molecule has 0 fully saturated rings. The Morgan fingerprint density at radius 3 is 1.64 bits per heavy atom. The monoisotopic (exact) mass is 691 g/mol. The summed E-state index contributed by atoms with van der Waals surface area (Å²) in [5.74, 6) is -0.807. The summed E-state index contributed by atoms with van der Waals surface area (Å²) >= 11 is 0. The first-order valence-corrected chi connectivity index (χ1v) is 20.4. The maximum atomic E-state index is 12.6. The summed E-state index contributed by atoms with van der Waals surface area (Å²) in [7, 11) is 1.47. The van der Waals surface area contributed by atoms with Crippen LogP contribution >= 0.6 is 7.82 Å². The molecule has 1 N–H and O–H groups in total. The predicted octanol–water partition coefficient (Wildman–Crippen LogP) is 9.85. The van der Waals surface area contributed by atoms with Crippen molar-refractivity contribution in [2.24, 2.45) is 0 Å². The van der Waals surface area contributed by atoms with Crippen LogP contribution in [0.2, 0.25) is 0 Å². The lowest BCUT2D eigenvalue weighted by Crippen LogP contribution is -2.37. The second-order valence-corrected chi connectivity index (χ2v) is 15.4. The summed E-state index contributed by atoms with van der Waals surface area (Å²) in [6, 6.07) is 0. The molecule has 0 heterocycles. The molecule has 0 rings (SSSR count). The molecule has 0 saturated heterocycles. The van der Waals surface area contributed by atoms with Gasteiger partial charge in [-0.3, -0.25) is 18.6 Å². The molecule has 0 aliphatic rings.